The van der Waals surface area contributed by atoms with Crippen LogP contribution < -0.4 is 0 Å². The lowest BCUT2D eigenvalue weighted by atomic mass is 10.3. The fraction of sp³-hybridized carbons (Fsp3) is 0.600. The molecule has 10 heavy (non-hydrogen) atoms. The summed E-state index contributed by atoms with van der Waals surface area (Å²) in [4.78, 5) is 0. The summed E-state index contributed by atoms with van der Waals surface area (Å²) in [6.45, 7) is 9.17. The minimum Gasteiger partial charge on any atom is -0.519 e. The van der Waals surface area contributed by atoms with Crippen LogP contribution in [0.4, 0.5) is 0 Å². The van der Waals surface area contributed by atoms with Gasteiger partial charge in [0, 0.05) is 0 Å². The molecule has 0 aliphatic carbocycles. The third-order valence-corrected chi connectivity index (χ3v) is 1.58. The van der Waals surface area contributed by atoms with Crippen molar-refractivity contribution in [1.29, 1.82) is 0 Å². The van der Waals surface area contributed by atoms with Crippen LogP contribution in [0.2, 0.25) is 19.6 Å². The molecule has 58 valence electrons. The predicted molar refractivity (Wildman–Crippen MR) is 43.7 cm³/mol. The van der Waals surface area contributed by atoms with Crippen LogP contribution in [0.15, 0.2) is 12.8 Å². The molecule has 0 atom stereocenters. The monoisotopic (exact) mass is 160 g/mol. The van der Waals surface area contributed by atoms with Gasteiger partial charge in [-0.2, -0.15) is 0 Å². The van der Waals surface area contributed by atoms with E-state index < -0.39 is 15.6 Å². The maximum atomic E-state index is 8.90. The summed E-state index contributed by atoms with van der Waals surface area (Å²) in [5.41, 5.74) is 0. The van der Waals surface area contributed by atoms with Crippen LogP contribution in [-0.2, 0) is 9.00 Å². The van der Waals surface area contributed by atoms with Crippen LogP contribution in [0.1, 0.15) is 0 Å². The summed E-state index contributed by atoms with van der Waals surface area (Å²) in [6, 6.07) is 0. The molecule has 0 aromatic rings. The van der Waals surface area contributed by atoms with E-state index >= 15 is 0 Å². The fourth-order valence-electron chi connectivity index (χ4n) is 0.413. The van der Waals surface area contributed by atoms with Crippen LogP contribution in [-0.4, -0.2) is 20.7 Å². The van der Waals surface area contributed by atoms with Gasteiger partial charge in [0.2, 0.25) is 0 Å². The van der Waals surface area contributed by atoms with E-state index in [4.69, 9.17) is 9.37 Å². The number of rotatable bonds is 4. The second kappa shape index (κ2) is 3.80. The van der Waals surface area contributed by atoms with Crippen molar-refractivity contribution < 1.29 is 14.0 Å². The van der Waals surface area contributed by atoms with Crippen LogP contribution >= 0.6 is 0 Å². The summed E-state index contributed by atoms with van der Waals surface area (Å²) < 4.78 is 9.63. The molecular formula is C5H13BO3Si. The SMILES string of the molecule is C=COB(O)O[Si](C)(C)C. The summed E-state index contributed by atoms with van der Waals surface area (Å²) >= 11 is 0. The Morgan fingerprint density at radius 3 is 2.30 bits per heavy atom. The smallest absolute Gasteiger partial charge is 0.519 e. The van der Waals surface area contributed by atoms with E-state index in [1.54, 1.807) is 0 Å². The van der Waals surface area contributed by atoms with Gasteiger partial charge in [0.25, 0.3) is 0 Å². The Bertz CT molecular complexity index is 112. The third-order valence-electron chi connectivity index (χ3n) is 0.667. The molecule has 0 spiro atoms. The molecule has 0 heterocycles. The summed E-state index contributed by atoms with van der Waals surface area (Å²) in [6.07, 6.45) is 1.16. The largest absolute Gasteiger partial charge is 0.698 e. The van der Waals surface area contributed by atoms with Gasteiger partial charge < -0.3 is 14.0 Å². The quantitative estimate of drug-likeness (QED) is 0.492. The summed E-state index contributed by atoms with van der Waals surface area (Å²) in [5.74, 6) is 0. The Morgan fingerprint density at radius 1 is 1.50 bits per heavy atom. The normalized spacial score (nSPS) is 10.8. The molecule has 0 aliphatic heterocycles. The Kier molecular flexibility index (Phi) is 3.70. The van der Waals surface area contributed by atoms with E-state index in [0.29, 0.717) is 0 Å². The molecule has 0 saturated carbocycles. The van der Waals surface area contributed by atoms with Gasteiger partial charge in [0.1, 0.15) is 0 Å². The van der Waals surface area contributed by atoms with Crippen molar-refractivity contribution in [2.24, 2.45) is 0 Å². The molecule has 5 heteroatoms. The van der Waals surface area contributed by atoms with E-state index in [9.17, 15) is 0 Å². The molecular weight excluding hydrogens is 147 g/mol. The van der Waals surface area contributed by atoms with Crippen LogP contribution in [0.5, 0.6) is 0 Å². The molecule has 0 aromatic carbocycles. The molecule has 0 aromatic heterocycles. The van der Waals surface area contributed by atoms with Crippen molar-refractivity contribution in [1.82, 2.24) is 0 Å². The highest BCUT2D eigenvalue weighted by molar-refractivity contribution is 6.74. The fourth-order valence-corrected chi connectivity index (χ4v) is 1.07. The van der Waals surface area contributed by atoms with E-state index in [-0.39, 0.29) is 0 Å². The molecule has 0 rings (SSSR count). The molecule has 0 radical (unpaired) electrons. The van der Waals surface area contributed by atoms with Crippen molar-refractivity contribution in [3.05, 3.63) is 12.8 Å². The highest BCUT2D eigenvalue weighted by Crippen LogP contribution is 2.03. The maximum absolute atomic E-state index is 8.90. The lowest BCUT2D eigenvalue weighted by Gasteiger charge is -2.17. The van der Waals surface area contributed by atoms with Gasteiger partial charge in [0.15, 0.2) is 8.32 Å². The third kappa shape index (κ3) is 5.87. The van der Waals surface area contributed by atoms with Crippen LogP contribution in [0.3, 0.4) is 0 Å². The van der Waals surface area contributed by atoms with Crippen molar-refractivity contribution in [3.8, 4) is 0 Å². The molecule has 3 nitrogen and oxygen atoms in total. The molecule has 1 N–H and O–H groups in total. The molecule has 0 bridgehead atoms. The van der Waals surface area contributed by atoms with Gasteiger partial charge in [-0.05, 0) is 19.6 Å². The van der Waals surface area contributed by atoms with Crippen LogP contribution in [0.25, 0.3) is 0 Å². The first kappa shape index (κ1) is 9.74. The minimum atomic E-state index is -1.68. The lowest BCUT2D eigenvalue weighted by Crippen LogP contribution is -2.35. The average molecular weight is 160 g/mol. The van der Waals surface area contributed by atoms with E-state index in [0.717, 1.165) is 6.26 Å². The van der Waals surface area contributed by atoms with Gasteiger partial charge >= 0.3 is 7.32 Å². The highest BCUT2D eigenvalue weighted by atomic mass is 28.4. The molecule has 0 fully saturated rings. The standard InChI is InChI=1S/C5H13BO3Si/c1-5-8-6(7)9-10(2,3)4/h5,7H,1H2,2-4H3. The van der Waals surface area contributed by atoms with Crippen molar-refractivity contribution >= 4 is 15.6 Å². The zero-order valence-electron chi connectivity index (χ0n) is 6.63. The second-order valence-electron chi connectivity index (χ2n) is 2.84. The first-order valence-corrected chi connectivity index (χ1v) is 6.49. The zero-order valence-corrected chi connectivity index (χ0v) is 7.63. The zero-order chi connectivity index (χ0) is 8.20. The van der Waals surface area contributed by atoms with Crippen molar-refractivity contribution in [3.63, 3.8) is 0 Å². The topological polar surface area (TPSA) is 38.7 Å². The van der Waals surface area contributed by atoms with E-state index in [2.05, 4.69) is 11.2 Å². The first-order chi connectivity index (χ1) is 4.45. The molecule has 0 unspecified atom stereocenters. The van der Waals surface area contributed by atoms with Gasteiger partial charge in [-0.1, -0.05) is 6.58 Å². The average Bonchev–Trinajstić information content (AvgIpc) is 1.59. The maximum Gasteiger partial charge on any atom is 0.698 e. The van der Waals surface area contributed by atoms with Crippen molar-refractivity contribution in [2.45, 2.75) is 19.6 Å². The predicted octanol–water partition coefficient (Wildman–Crippen LogP) is 0.975. The van der Waals surface area contributed by atoms with Gasteiger partial charge in [-0.25, -0.2) is 0 Å². The van der Waals surface area contributed by atoms with Gasteiger partial charge in [-0.3, -0.25) is 0 Å². The second-order valence-corrected chi connectivity index (χ2v) is 7.30. The summed E-state index contributed by atoms with van der Waals surface area (Å²) in [7, 11) is -2.83. The molecule has 0 amide bonds. The Hall–Kier alpha value is -0.258. The Balaban J connectivity index is 3.56. The van der Waals surface area contributed by atoms with Crippen molar-refractivity contribution in [2.75, 3.05) is 0 Å². The van der Waals surface area contributed by atoms with E-state index in [1.165, 1.54) is 0 Å². The Morgan fingerprint density at radius 2 is 2.00 bits per heavy atom. The number of hydrogen-bond acceptors (Lipinski definition) is 3. The molecule has 0 aliphatic rings. The number of hydrogen-bond donors (Lipinski definition) is 1. The highest BCUT2D eigenvalue weighted by Gasteiger charge is 2.25. The first-order valence-electron chi connectivity index (χ1n) is 3.08. The summed E-state index contributed by atoms with van der Waals surface area (Å²) in [5, 5.41) is 8.90. The molecule has 0 saturated heterocycles. The Labute approximate surface area is 63.0 Å². The van der Waals surface area contributed by atoms with Gasteiger partial charge in [-0.15, -0.1) is 0 Å². The van der Waals surface area contributed by atoms with E-state index in [1.807, 2.05) is 19.6 Å². The van der Waals surface area contributed by atoms with Crippen LogP contribution in [0, 0.1) is 0 Å². The minimum absolute atomic E-state index is 1.15. The lowest BCUT2D eigenvalue weighted by molar-refractivity contribution is 0.265. The van der Waals surface area contributed by atoms with Gasteiger partial charge in [0.05, 0.1) is 6.26 Å².